The summed E-state index contributed by atoms with van der Waals surface area (Å²) in [5, 5.41) is 2.99. The van der Waals surface area contributed by atoms with Gasteiger partial charge in [0.25, 0.3) is 0 Å². The van der Waals surface area contributed by atoms with E-state index < -0.39 is 0 Å². The van der Waals surface area contributed by atoms with Crippen molar-refractivity contribution >= 4 is 29.3 Å². The van der Waals surface area contributed by atoms with Gasteiger partial charge in [-0.15, -0.1) is 11.8 Å². The molecule has 0 bridgehead atoms. The minimum absolute atomic E-state index is 0.130. The first-order valence-electron chi connectivity index (χ1n) is 7.42. The van der Waals surface area contributed by atoms with Crippen LogP contribution in [0.4, 0.5) is 22.0 Å². The summed E-state index contributed by atoms with van der Waals surface area (Å²) in [6, 6.07) is 13.6. The summed E-state index contributed by atoms with van der Waals surface area (Å²) >= 11 is 1.58. The van der Waals surface area contributed by atoms with Gasteiger partial charge in [-0.1, -0.05) is 0 Å². The second-order valence-corrected chi connectivity index (χ2v) is 6.08. The van der Waals surface area contributed by atoms with Gasteiger partial charge >= 0.3 is 0 Å². The van der Waals surface area contributed by atoms with E-state index in [1.165, 1.54) is 12.1 Å². The molecule has 0 fully saturated rings. The summed E-state index contributed by atoms with van der Waals surface area (Å²) in [6.45, 7) is 0. The summed E-state index contributed by atoms with van der Waals surface area (Å²) in [6.07, 6.45) is 0. The fraction of sp³-hybridized carbons (Fsp3) is 0.118. The molecule has 6 nitrogen and oxygen atoms in total. The molecule has 0 aliphatic carbocycles. The molecule has 0 saturated carbocycles. The molecule has 8 heteroatoms. The summed E-state index contributed by atoms with van der Waals surface area (Å²) in [7, 11) is 1.63. The van der Waals surface area contributed by atoms with E-state index in [2.05, 4.69) is 20.3 Å². The van der Waals surface area contributed by atoms with Gasteiger partial charge in [-0.2, -0.15) is 15.0 Å². The molecule has 0 amide bonds. The van der Waals surface area contributed by atoms with Gasteiger partial charge in [0.2, 0.25) is 11.9 Å². The molecule has 0 atom stereocenters. The maximum atomic E-state index is 13.0. The van der Waals surface area contributed by atoms with Crippen LogP contribution in [0.15, 0.2) is 53.4 Å². The van der Waals surface area contributed by atoms with Crippen molar-refractivity contribution in [2.24, 2.45) is 0 Å². The Hall–Kier alpha value is -2.87. The highest BCUT2D eigenvalue weighted by atomic mass is 32.2. The van der Waals surface area contributed by atoms with Crippen LogP contribution in [0.25, 0.3) is 0 Å². The number of ether oxygens (including phenoxy) is 1. The van der Waals surface area contributed by atoms with E-state index in [1.807, 2.05) is 24.3 Å². The van der Waals surface area contributed by atoms with Crippen molar-refractivity contribution in [3.05, 3.63) is 60.2 Å². The molecule has 25 heavy (non-hydrogen) atoms. The number of methoxy groups -OCH3 is 1. The second kappa shape index (κ2) is 7.80. The van der Waals surface area contributed by atoms with Gasteiger partial charge < -0.3 is 15.8 Å². The number of anilines is 3. The standard InChI is InChI=1S/C17H16FN5OS/c1-24-13-6-8-14(9-7-13)25-10-15-21-16(19)23-17(22-15)20-12-4-2-11(18)3-5-12/h2-9H,10H2,1H3,(H3,19,20,21,22,23). The molecule has 3 N–H and O–H groups in total. The van der Waals surface area contributed by atoms with E-state index in [0.29, 0.717) is 23.2 Å². The van der Waals surface area contributed by atoms with Gasteiger partial charge in [-0.25, -0.2) is 4.39 Å². The number of hydrogen-bond acceptors (Lipinski definition) is 7. The zero-order valence-corrected chi connectivity index (χ0v) is 14.3. The monoisotopic (exact) mass is 357 g/mol. The first-order valence-corrected chi connectivity index (χ1v) is 8.41. The van der Waals surface area contributed by atoms with Crippen LogP contribution in [0.5, 0.6) is 5.75 Å². The lowest BCUT2D eigenvalue weighted by Gasteiger charge is -2.07. The lowest BCUT2D eigenvalue weighted by molar-refractivity contribution is 0.414. The van der Waals surface area contributed by atoms with E-state index in [0.717, 1.165) is 10.6 Å². The third kappa shape index (κ3) is 4.80. The van der Waals surface area contributed by atoms with Crippen LogP contribution in [-0.4, -0.2) is 22.1 Å². The maximum Gasteiger partial charge on any atom is 0.232 e. The van der Waals surface area contributed by atoms with Crippen molar-refractivity contribution in [2.45, 2.75) is 10.6 Å². The quantitative estimate of drug-likeness (QED) is 0.651. The number of rotatable bonds is 6. The number of benzene rings is 2. The third-order valence-electron chi connectivity index (χ3n) is 3.23. The van der Waals surface area contributed by atoms with Gasteiger partial charge in [0.05, 0.1) is 12.9 Å². The van der Waals surface area contributed by atoms with Crippen LogP contribution in [0, 0.1) is 5.82 Å². The molecule has 128 valence electrons. The molecular formula is C17H16FN5OS. The fourth-order valence-electron chi connectivity index (χ4n) is 2.04. The van der Waals surface area contributed by atoms with Crippen LogP contribution in [0.2, 0.25) is 0 Å². The number of halogens is 1. The Balaban J connectivity index is 1.69. The lowest BCUT2D eigenvalue weighted by atomic mass is 10.3. The van der Waals surface area contributed by atoms with Gasteiger partial charge in [0.15, 0.2) is 0 Å². The molecule has 3 aromatic rings. The van der Waals surface area contributed by atoms with Gasteiger partial charge in [0.1, 0.15) is 17.4 Å². The molecule has 0 radical (unpaired) electrons. The molecule has 1 aromatic heterocycles. The Kier molecular flexibility index (Phi) is 5.30. The average molecular weight is 357 g/mol. The van der Waals surface area contributed by atoms with Crippen molar-refractivity contribution in [1.29, 1.82) is 0 Å². The molecule has 0 unspecified atom stereocenters. The van der Waals surface area contributed by atoms with Crippen LogP contribution < -0.4 is 15.8 Å². The van der Waals surface area contributed by atoms with E-state index >= 15 is 0 Å². The van der Waals surface area contributed by atoms with Crippen LogP contribution in [0.3, 0.4) is 0 Å². The zero-order valence-electron chi connectivity index (χ0n) is 13.4. The van der Waals surface area contributed by atoms with Gasteiger partial charge in [-0.3, -0.25) is 0 Å². The molecule has 0 aliphatic rings. The van der Waals surface area contributed by atoms with E-state index in [9.17, 15) is 4.39 Å². The van der Waals surface area contributed by atoms with Crippen molar-refractivity contribution in [3.63, 3.8) is 0 Å². The number of aromatic nitrogens is 3. The fourth-order valence-corrected chi connectivity index (χ4v) is 2.79. The van der Waals surface area contributed by atoms with Crippen molar-refractivity contribution in [2.75, 3.05) is 18.2 Å². The molecule has 0 saturated heterocycles. The molecular weight excluding hydrogens is 341 g/mol. The summed E-state index contributed by atoms with van der Waals surface area (Å²) in [4.78, 5) is 13.6. The second-order valence-electron chi connectivity index (χ2n) is 5.03. The van der Waals surface area contributed by atoms with Crippen LogP contribution in [0.1, 0.15) is 5.82 Å². The van der Waals surface area contributed by atoms with E-state index in [-0.39, 0.29) is 11.8 Å². The Bertz CT molecular complexity index is 843. The lowest BCUT2D eigenvalue weighted by Crippen LogP contribution is -2.06. The molecule has 3 rings (SSSR count). The van der Waals surface area contributed by atoms with Crippen molar-refractivity contribution < 1.29 is 9.13 Å². The SMILES string of the molecule is COc1ccc(SCc2nc(N)nc(Nc3ccc(F)cc3)n2)cc1. The number of hydrogen-bond donors (Lipinski definition) is 2. The number of nitrogens with two attached hydrogens (primary N) is 1. The minimum atomic E-state index is -0.308. The van der Waals surface area contributed by atoms with Crippen molar-refractivity contribution in [3.8, 4) is 5.75 Å². The molecule has 0 aliphatic heterocycles. The first kappa shape index (κ1) is 17.0. The topological polar surface area (TPSA) is 86.0 Å². The first-order chi connectivity index (χ1) is 12.1. The van der Waals surface area contributed by atoms with Crippen molar-refractivity contribution in [1.82, 2.24) is 15.0 Å². The van der Waals surface area contributed by atoms with E-state index in [4.69, 9.17) is 10.5 Å². The Morgan fingerprint density at radius 3 is 2.44 bits per heavy atom. The summed E-state index contributed by atoms with van der Waals surface area (Å²) < 4.78 is 18.1. The van der Waals surface area contributed by atoms with Gasteiger partial charge in [-0.05, 0) is 48.5 Å². The number of nitrogens with one attached hydrogen (secondary N) is 1. The van der Waals surface area contributed by atoms with E-state index in [1.54, 1.807) is 31.0 Å². The molecule has 0 spiro atoms. The van der Waals surface area contributed by atoms with Crippen LogP contribution in [-0.2, 0) is 5.75 Å². The predicted molar refractivity (Wildman–Crippen MR) is 96.5 cm³/mol. The highest BCUT2D eigenvalue weighted by molar-refractivity contribution is 7.98. The minimum Gasteiger partial charge on any atom is -0.497 e. The normalized spacial score (nSPS) is 10.5. The average Bonchev–Trinajstić information content (AvgIpc) is 2.62. The largest absolute Gasteiger partial charge is 0.497 e. The maximum absolute atomic E-state index is 13.0. The third-order valence-corrected chi connectivity index (χ3v) is 4.23. The highest BCUT2D eigenvalue weighted by Gasteiger charge is 2.06. The molecule has 1 heterocycles. The molecule has 2 aromatic carbocycles. The number of thioether (sulfide) groups is 1. The predicted octanol–water partition coefficient (Wildman–Crippen LogP) is 3.64. The Morgan fingerprint density at radius 2 is 1.76 bits per heavy atom. The smallest absolute Gasteiger partial charge is 0.232 e. The highest BCUT2D eigenvalue weighted by Crippen LogP contribution is 2.24. The summed E-state index contributed by atoms with van der Waals surface area (Å²) in [5.41, 5.74) is 6.42. The Morgan fingerprint density at radius 1 is 1.04 bits per heavy atom. The Labute approximate surface area is 148 Å². The number of nitrogen functional groups attached to an aromatic ring is 1. The van der Waals surface area contributed by atoms with Gasteiger partial charge in [0, 0.05) is 10.6 Å². The summed E-state index contributed by atoms with van der Waals surface area (Å²) in [5.74, 6) is 2.04. The number of nitrogens with zero attached hydrogens (tertiary/aromatic N) is 3. The van der Waals surface area contributed by atoms with Crippen LogP contribution >= 0.6 is 11.8 Å². The zero-order chi connectivity index (χ0) is 17.6.